The van der Waals surface area contributed by atoms with Gasteiger partial charge in [0, 0.05) is 29.1 Å². The van der Waals surface area contributed by atoms with E-state index < -0.39 is 23.9 Å². The first-order valence-electron chi connectivity index (χ1n) is 10.7. The van der Waals surface area contributed by atoms with Gasteiger partial charge in [-0.3, -0.25) is 20.1 Å². The number of hydrogen-bond donors (Lipinski definition) is 2. The summed E-state index contributed by atoms with van der Waals surface area (Å²) in [7, 11) is 1.24. The van der Waals surface area contributed by atoms with Crippen LogP contribution in [0.15, 0.2) is 67.3 Å². The molecule has 9 nitrogen and oxygen atoms in total. The predicted molar refractivity (Wildman–Crippen MR) is 129 cm³/mol. The monoisotopic (exact) mass is 508 g/mol. The largest absolute Gasteiger partial charge is 0.453 e. The number of nitrogens with zero attached hydrogens (tertiary/aromatic N) is 4. The van der Waals surface area contributed by atoms with Crippen molar-refractivity contribution in [2.75, 3.05) is 17.7 Å². The highest BCUT2D eigenvalue weighted by molar-refractivity contribution is 6.04. The lowest BCUT2D eigenvalue weighted by Crippen LogP contribution is -2.14. The number of hydrogen-bond acceptors (Lipinski definition) is 7. The topological polar surface area (TPSA) is 119 Å². The summed E-state index contributed by atoms with van der Waals surface area (Å²) < 4.78 is 42.8. The normalized spacial score (nSPS) is 11.1. The van der Waals surface area contributed by atoms with Crippen molar-refractivity contribution in [1.82, 2.24) is 19.9 Å². The van der Waals surface area contributed by atoms with E-state index in [2.05, 4.69) is 35.3 Å². The van der Waals surface area contributed by atoms with Gasteiger partial charge in [-0.25, -0.2) is 14.8 Å². The fraction of sp³-hybridized carbons (Fsp3) is 0.120. The zero-order valence-electron chi connectivity index (χ0n) is 19.5. The van der Waals surface area contributed by atoms with E-state index in [4.69, 9.17) is 0 Å². The van der Waals surface area contributed by atoms with Crippen LogP contribution in [-0.4, -0.2) is 39.0 Å². The second kappa shape index (κ2) is 10.4. The maximum atomic E-state index is 12.7. The number of rotatable bonds is 5. The van der Waals surface area contributed by atoms with Gasteiger partial charge in [0.15, 0.2) is 0 Å². The predicted octanol–water partition coefficient (Wildman–Crippen LogP) is 5.36. The summed E-state index contributed by atoms with van der Waals surface area (Å²) in [5.41, 5.74) is 2.69. The minimum Gasteiger partial charge on any atom is -0.453 e. The van der Waals surface area contributed by atoms with Crippen molar-refractivity contribution >= 4 is 23.5 Å². The SMILES string of the molecule is COC(=O)Nc1cc(-c2cccc(-c3cc(NC(=O)c4ccc(C(F)(F)F)nc4)cnc3C)c2)ncn1. The zero-order chi connectivity index (χ0) is 26.6. The molecular formula is C25H19F3N6O3. The highest BCUT2D eigenvalue weighted by atomic mass is 19.4. The van der Waals surface area contributed by atoms with Crippen LogP contribution in [0.25, 0.3) is 22.4 Å². The smallest absolute Gasteiger partial charge is 0.433 e. The highest BCUT2D eigenvalue weighted by Gasteiger charge is 2.32. The molecule has 2 N–H and O–H groups in total. The molecule has 4 rings (SSSR count). The van der Waals surface area contributed by atoms with E-state index >= 15 is 0 Å². The summed E-state index contributed by atoms with van der Waals surface area (Å²) in [6.45, 7) is 1.80. The molecule has 0 aliphatic carbocycles. The molecule has 4 aromatic rings. The molecule has 0 atom stereocenters. The Hall–Kier alpha value is -4.87. The fourth-order valence-corrected chi connectivity index (χ4v) is 3.38. The number of ether oxygens (including phenoxy) is 1. The van der Waals surface area contributed by atoms with Gasteiger partial charge in [-0.1, -0.05) is 18.2 Å². The van der Waals surface area contributed by atoms with Gasteiger partial charge >= 0.3 is 12.3 Å². The maximum Gasteiger partial charge on any atom is 0.433 e. The zero-order valence-corrected chi connectivity index (χ0v) is 19.5. The van der Waals surface area contributed by atoms with E-state index in [9.17, 15) is 22.8 Å². The van der Waals surface area contributed by atoms with Crippen LogP contribution < -0.4 is 10.6 Å². The van der Waals surface area contributed by atoms with E-state index in [1.54, 1.807) is 19.1 Å². The Balaban J connectivity index is 1.58. The van der Waals surface area contributed by atoms with Crippen LogP contribution in [0, 0.1) is 6.92 Å². The number of aryl methyl sites for hydroxylation is 1. The molecule has 1 aromatic carbocycles. The van der Waals surface area contributed by atoms with Crippen LogP contribution in [0.4, 0.5) is 29.5 Å². The van der Waals surface area contributed by atoms with E-state index in [1.165, 1.54) is 19.6 Å². The number of nitrogens with one attached hydrogen (secondary N) is 2. The Labute approximate surface area is 208 Å². The number of pyridine rings is 2. The molecule has 0 fully saturated rings. The quantitative estimate of drug-likeness (QED) is 0.373. The minimum atomic E-state index is -4.59. The average Bonchev–Trinajstić information content (AvgIpc) is 2.89. The Morgan fingerprint density at radius 3 is 2.38 bits per heavy atom. The first kappa shape index (κ1) is 25.2. The second-order valence-electron chi connectivity index (χ2n) is 7.73. The van der Waals surface area contributed by atoms with Gasteiger partial charge in [-0.15, -0.1) is 0 Å². The van der Waals surface area contributed by atoms with Gasteiger partial charge in [0.2, 0.25) is 0 Å². The fourth-order valence-electron chi connectivity index (χ4n) is 3.38. The van der Waals surface area contributed by atoms with Crippen molar-refractivity contribution in [2.45, 2.75) is 13.1 Å². The Kier molecular flexibility index (Phi) is 7.09. The van der Waals surface area contributed by atoms with E-state index in [-0.39, 0.29) is 11.4 Å². The van der Waals surface area contributed by atoms with Gasteiger partial charge in [0.25, 0.3) is 5.91 Å². The molecule has 0 unspecified atom stereocenters. The van der Waals surface area contributed by atoms with Crippen molar-refractivity contribution in [3.8, 4) is 22.4 Å². The molecule has 0 spiro atoms. The molecule has 0 saturated carbocycles. The van der Waals surface area contributed by atoms with Crippen molar-refractivity contribution in [1.29, 1.82) is 0 Å². The number of aromatic nitrogens is 4. The van der Waals surface area contributed by atoms with E-state index in [0.29, 0.717) is 22.6 Å². The summed E-state index contributed by atoms with van der Waals surface area (Å²) >= 11 is 0. The maximum absolute atomic E-state index is 12.7. The number of benzene rings is 1. The van der Waals surface area contributed by atoms with Gasteiger partial charge in [0.1, 0.15) is 17.8 Å². The van der Waals surface area contributed by atoms with Crippen molar-refractivity contribution in [3.05, 3.63) is 84.2 Å². The van der Waals surface area contributed by atoms with Gasteiger partial charge < -0.3 is 10.1 Å². The van der Waals surface area contributed by atoms with Crippen LogP contribution in [0.1, 0.15) is 21.7 Å². The lowest BCUT2D eigenvalue weighted by atomic mass is 10.00. The third-order valence-electron chi connectivity index (χ3n) is 5.21. The summed E-state index contributed by atoms with van der Waals surface area (Å²) in [6.07, 6.45) is -1.62. The van der Waals surface area contributed by atoms with Crippen molar-refractivity contribution < 1.29 is 27.5 Å². The average molecular weight is 508 g/mol. The number of halogens is 3. The Morgan fingerprint density at radius 2 is 1.68 bits per heavy atom. The van der Waals surface area contributed by atoms with Crippen LogP contribution in [0.5, 0.6) is 0 Å². The Morgan fingerprint density at radius 1 is 0.892 bits per heavy atom. The number of methoxy groups -OCH3 is 1. The van der Waals surface area contributed by atoms with Gasteiger partial charge in [0.05, 0.1) is 30.3 Å². The van der Waals surface area contributed by atoms with Crippen LogP contribution in [-0.2, 0) is 10.9 Å². The summed E-state index contributed by atoms with van der Waals surface area (Å²) in [6, 6.07) is 12.5. The highest BCUT2D eigenvalue weighted by Crippen LogP contribution is 2.30. The number of alkyl halides is 3. The number of anilines is 2. The molecule has 0 aliphatic heterocycles. The van der Waals surface area contributed by atoms with Gasteiger partial charge in [-0.2, -0.15) is 13.2 Å². The summed E-state index contributed by atoms with van der Waals surface area (Å²) in [4.78, 5) is 40.0. The minimum absolute atomic E-state index is 0.0303. The molecule has 0 saturated heterocycles. The van der Waals surface area contributed by atoms with Crippen LogP contribution in [0.3, 0.4) is 0 Å². The van der Waals surface area contributed by atoms with Crippen LogP contribution in [0.2, 0.25) is 0 Å². The molecule has 2 amide bonds. The van der Waals surface area contributed by atoms with Gasteiger partial charge in [-0.05, 0) is 36.8 Å². The van der Waals surface area contributed by atoms with Crippen molar-refractivity contribution in [3.63, 3.8) is 0 Å². The molecule has 37 heavy (non-hydrogen) atoms. The lowest BCUT2D eigenvalue weighted by molar-refractivity contribution is -0.141. The summed E-state index contributed by atoms with van der Waals surface area (Å²) in [5, 5.41) is 5.12. The first-order chi connectivity index (χ1) is 17.6. The lowest BCUT2D eigenvalue weighted by Gasteiger charge is -2.12. The molecule has 0 aliphatic rings. The Bertz CT molecular complexity index is 1460. The number of amides is 2. The molecular weight excluding hydrogens is 489 g/mol. The molecule has 3 aromatic heterocycles. The molecule has 0 bridgehead atoms. The number of carbonyl (C=O) groups is 2. The summed E-state index contributed by atoms with van der Waals surface area (Å²) in [5.74, 6) is -0.360. The molecule has 12 heteroatoms. The van der Waals surface area contributed by atoms with E-state index in [1.807, 2.05) is 24.3 Å². The molecule has 188 valence electrons. The van der Waals surface area contributed by atoms with Crippen LogP contribution >= 0.6 is 0 Å². The third-order valence-corrected chi connectivity index (χ3v) is 5.21. The van der Waals surface area contributed by atoms with E-state index in [0.717, 1.165) is 29.5 Å². The van der Waals surface area contributed by atoms with Crippen molar-refractivity contribution in [2.24, 2.45) is 0 Å². The molecule has 0 radical (unpaired) electrons. The standard InChI is InChI=1S/C25H19F3N6O3/c1-14-19(9-18(12-29-14)33-23(35)17-6-7-21(30-11-17)25(26,27)28)15-4-3-5-16(8-15)20-10-22(32-13-31-20)34-24(36)37-2/h3-13H,1-2H3,(H,33,35)(H,31,32,34,36). The molecule has 3 heterocycles. The first-order valence-corrected chi connectivity index (χ1v) is 10.7. The number of carbonyl (C=O) groups excluding carboxylic acids is 2. The third kappa shape index (κ3) is 6.04. The second-order valence-corrected chi connectivity index (χ2v) is 7.73.